The van der Waals surface area contributed by atoms with Gasteiger partial charge < -0.3 is 15.7 Å². The fraction of sp³-hybridized carbons (Fsp3) is 0.182. The third-order valence-corrected chi connectivity index (χ3v) is 2.56. The maximum atomic E-state index is 11.5. The Balaban J connectivity index is 2.97. The van der Waals surface area contributed by atoms with E-state index in [2.05, 4.69) is 10.6 Å². The molecule has 0 atom stereocenters. The highest BCUT2D eigenvalue weighted by Crippen LogP contribution is 2.30. The van der Waals surface area contributed by atoms with Gasteiger partial charge in [-0.05, 0) is 12.1 Å². The standard InChI is InChI=1S/C11H10Cl2N2O4/c1-5(16)14-4-9(17)15-10-7(11(18)19)2-6(12)3-8(10)13/h2-3H,4H2,1H3,(H,14,16)(H,15,17)(H,18,19). The Bertz CT molecular complexity index is 546. The molecule has 0 bridgehead atoms. The summed E-state index contributed by atoms with van der Waals surface area (Å²) in [7, 11) is 0. The zero-order valence-corrected chi connectivity index (χ0v) is 11.3. The first-order chi connectivity index (χ1) is 8.81. The van der Waals surface area contributed by atoms with Gasteiger partial charge in [-0.3, -0.25) is 9.59 Å². The van der Waals surface area contributed by atoms with E-state index in [4.69, 9.17) is 28.3 Å². The van der Waals surface area contributed by atoms with E-state index in [1.807, 2.05) is 0 Å². The number of hydrogen-bond acceptors (Lipinski definition) is 3. The van der Waals surface area contributed by atoms with Crippen LogP contribution in [0.25, 0.3) is 0 Å². The van der Waals surface area contributed by atoms with Crippen molar-refractivity contribution in [1.82, 2.24) is 5.32 Å². The molecule has 0 spiro atoms. The highest BCUT2D eigenvalue weighted by atomic mass is 35.5. The zero-order chi connectivity index (χ0) is 14.6. The molecule has 8 heteroatoms. The van der Waals surface area contributed by atoms with Crippen molar-refractivity contribution in [2.75, 3.05) is 11.9 Å². The minimum atomic E-state index is -1.28. The van der Waals surface area contributed by atoms with Gasteiger partial charge in [-0.1, -0.05) is 23.2 Å². The highest BCUT2D eigenvalue weighted by molar-refractivity contribution is 6.37. The maximum absolute atomic E-state index is 11.5. The first-order valence-corrected chi connectivity index (χ1v) is 5.83. The quantitative estimate of drug-likeness (QED) is 0.790. The molecule has 0 saturated carbocycles. The van der Waals surface area contributed by atoms with Crippen molar-refractivity contribution in [1.29, 1.82) is 0 Å². The average molecular weight is 305 g/mol. The number of anilines is 1. The van der Waals surface area contributed by atoms with Crippen LogP contribution in [0.3, 0.4) is 0 Å². The summed E-state index contributed by atoms with van der Waals surface area (Å²) < 4.78 is 0. The number of halogens is 2. The molecule has 6 nitrogen and oxygen atoms in total. The Morgan fingerprint density at radius 3 is 2.42 bits per heavy atom. The van der Waals surface area contributed by atoms with Crippen molar-refractivity contribution < 1.29 is 19.5 Å². The summed E-state index contributed by atoms with van der Waals surface area (Å²) in [6, 6.07) is 2.48. The van der Waals surface area contributed by atoms with Gasteiger partial charge in [0.15, 0.2) is 0 Å². The fourth-order valence-corrected chi connectivity index (χ4v) is 1.80. The smallest absolute Gasteiger partial charge is 0.337 e. The van der Waals surface area contributed by atoms with E-state index in [1.165, 1.54) is 19.1 Å². The molecular formula is C11H10Cl2N2O4. The van der Waals surface area contributed by atoms with Crippen molar-refractivity contribution in [3.8, 4) is 0 Å². The SMILES string of the molecule is CC(=O)NCC(=O)Nc1c(Cl)cc(Cl)cc1C(=O)O. The van der Waals surface area contributed by atoms with Crippen LogP contribution in [0.5, 0.6) is 0 Å². The molecule has 0 fully saturated rings. The average Bonchev–Trinajstić information content (AvgIpc) is 2.29. The molecule has 1 aromatic carbocycles. The number of nitrogens with one attached hydrogen (secondary N) is 2. The van der Waals surface area contributed by atoms with Gasteiger partial charge in [0.1, 0.15) is 0 Å². The lowest BCUT2D eigenvalue weighted by molar-refractivity contribution is -0.122. The predicted octanol–water partition coefficient (Wildman–Crippen LogP) is 1.77. The van der Waals surface area contributed by atoms with Crippen LogP contribution in [-0.4, -0.2) is 29.4 Å². The van der Waals surface area contributed by atoms with Gasteiger partial charge in [0, 0.05) is 11.9 Å². The minimum absolute atomic E-state index is 0.000995. The summed E-state index contributed by atoms with van der Waals surface area (Å²) in [5.41, 5.74) is -0.289. The van der Waals surface area contributed by atoms with Gasteiger partial charge in [-0.25, -0.2) is 4.79 Å². The molecule has 0 aliphatic carbocycles. The van der Waals surface area contributed by atoms with Gasteiger partial charge >= 0.3 is 5.97 Å². The molecule has 1 aromatic rings. The summed E-state index contributed by atoms with van der Waals surface area (Å²) in [6.45, 7) is 0.971. The van der Waals surface area contributed by atoms with Crippen LogP contribution in [0.4, 0.5) is 5.69 Å². The minimum Gasteiger partial charge on any atom is -0.478 e. The second-order valence-electron chi connectivity index (χ2n) is 3.57. The van der Waals surface area contributed by atoms with Crippen molar-refractivity contribution in [3.05, 3.63) is 27.7 Å². The first kappa shape index (κ1) is 15.3. The van der Waals surface area contributed by atoms with Crippen LogP contribution in [0.1, 0.15) is 17.3 Å². The number of carbonyl (C=O) groups is 3. The van der Waals surface area contributed by atoms with Crippen LogP contribution < -0.4 is 10.6 Å². The zero-order valence-electron chi connectivity index (χ0n) is 9.79. The normalized spacial score (nSPS) is 9.84. The summed E-state index contributed by atoms with van der Waals surface area (Å²) in [5, 5.41) is 13.7. The van der Waals surface area contributed by atoms with Crippen molar-refractivity contribution in [2.45, 2.75) is 6.92 Å². The summed E-state index contributed by atoms with van der Waals surface area (Å²) >= 11 is 11.5. The van der Waals surface area contributed by atoms with Gasteiger partial charge in [0.05, 0.1) is 22.8 Å². The number of carboxylic acids is 1. The van der Waals surface area contributed by atoms with E-state index in [0.29, 0.717) is 0 Å². The Kier molecular flexibility index (Phi) is 5.14. The molecule has 19 heavy (non-hydrogen) atoms. The van der Waals surface area contributed by atoms with Crippen molar-refractivity contribution in [2.24, 2.45) is 0 Å². The second-order valence-corrected chi connectivity index (χ2v) is 4.42. The molecule has 0 heterocycles. The molecular weight excluding hydrogens is 295 g/mol. The van der Waals surface area contributed by atoms with Gasteiger partial charge in [0.2, 0.25) is 11.8 Å². The van der Waals surface area contributed by atoms with E-state index < -0.39 is 11.9 Å². The van der Waals surface area contributed by atoms with Crippen LogP contribution in [-0.2, 0) is 9.59 Å². The van der Waals surface area contributed by atoms with Crippen LogP contribution in [0.15, 0.2) is 12.1 Å². The second kappa shape index (κ2) is 6.40. The number of rotatable bonds is 4. The lowest BCUT2D eigenvalue weighted by Crippen LogP contribution is -2.31. The molecule has 0 aliphatic rings. The molecule has 3 N–H and O–H groups in total. The molecule has 0 unspecified atom stereocenters. The van der Waals surface area contributed by atoms with E-state index in [0.717, 1.165) is 0 Å². The summed E-state index contributed by atoms with van der Waals surface area (Å²) in [4.78, 5) is 33.2. The largest absolute Gasteiger partial charge is 0.478 e. The Hall–Kier alpha value is -1.79. The number of benzene rings is 1. The molecule has 0 aromatic heterocycles. The molecule has 1 rings (SSSR count). The van der Waals surface area contributed by atoms with Crippen LogP contribution in [0.2, 0.25) is 10.0 Å². The fourth-order valence-electron chi connectivity index (χ4n) is 1.26. The third-order valence-electron chi connectivity index (χ3n) is 2.05. The summed E-state index contributed by atoms with van der Waals surface area (Å²) in [6.07, 6.45) is 0. The number of amides is 2. The third kappa shape index (κ3) is 4.42. The molecule has 0 aliphatic heterocycles. The lowest BCUT2D eigenvalue weighted by atomic mass is 10.1. The number of carbonyl (C=O) groups excluding carboxylic acids is 2. The molecule has 0 radical (unpaired) electrons. The number of hydrogen-bond donors (Lipinski definition) is 3. The van der Waals surface area contributed by atoms with Crippen LogP contribution in [0, 0.1) is 0 Å². The maximum Gasteiger partial charge on any atom is 0.337 e. The van der Waals surface area contributed by atoms with E-state index in [9.17, 15) is 14.4 Å². The van der Waals surface area contributed by atoms with E-state index >= 15 is 0 Å². The predicted molar refractivity (Wildman–Crippen MR) is 70.7 cm³/mol. The summed E-state index contributed by atoms with van der Waals surface area (Å²) in [5.74, 6) is -2.25. The Morgan fingerprint density at radius 2 is 1.89 bits per heavy atom. The van der Waals surface area contributed by atoms with Crippen molar-refractivity contribution in [3.63, 3.8) is 0 Å². The van der Waals surface area contributed by atoms with E-state index in [-0.39, 0.29) is 33.7 Å². The van der Waals surface area contributed by atoms with E-state index in [1.54, 1.807) is 0 Å². The highest BCUT2D eigenvalue weighted by Gasteiger charge is 2.17. The van der Waals surface area contributed by atoms with Crippen molar-refractivity contribution >= 4 is 46.7 Å². The monoisotopic (exact) mass is 304 g/mol. The first-order valence-electron chi connectivity index (χ1n) is 5.08. The number of carboxylic acid groups (broad SMARTS) is 1. The van der Waals surface area contributed by atoms with Gasteiger partial charge in [0.25, 0.3) is 0 Å². The Labute approximate surface area is 118 Å². The molecule has 2 amide bonds. The lowest BCUT2D eigenvalue weighted by Gasteiger charge is -2.11. The molecule has 0 saturated heterocycles. The van der Waals surface area contributed by atoms with Gasteiger partial charge in [-0.2, -0.15) is 0 Å². The number of aromatic carboxylic acids is 1. The molecule has 102 valence electrons. The van der Waals surface area contributed by atoms with Gasteiger partial charge in [-0.15, -0.1) is 0 Å². The van der Waals surface area contributed by atoms with Crippen LogP contribution >= 0.6 is 23.2 Å². The Morgan fingerprint density at radius 1 is 1.26 bits per heavy atom. The topological polar surface area (TPSA) is 95.5 Å².